The summed E-state index contributed by atoms with van der Waals surface area (Å²) in [5.41, 5.74) is 1.81. The van der Waals surface area contributed by atoms with Gasteiger partial charge in [0.1, 0.15) is 11.2 Å². The van der Waals surface area contributed by atoms with Crippen LogP contribution < -0.4 is 10.2 Å². The van der Waals surface area contributed by atoms with E-state index in [-0.39, 0.29) is 22.6 Å². The summed E-state index contributed by atoms with van der Waals surface area (Å²) >= 11 is 1.47. The van der Waals surface area contributed by atoms with Crippen molar-refractivity contribution in [2.45, 2.75) is 32.6 Å². The lowest BCUT2D eigenvalue weighted by Crippen LogP contribution is -2.28. The van der Waals surface area contributed by atoms with Crippen LogP contribution in [0.5, 0.6) is 0 Å². The topological polar surface area (TPSA) is 49.4 Å². The summed E-state index contributed by atoms with van der Waals surface area (Å²) in [6.07, 6.45) is 0.433. The van der Waals surface area contributed by atoms with Crippen molar-refractivity contribution >= 4 is 35.0 Å². The number of hydrogen-bond donors (Lipinski definition) is 1. The van der Waals surface area contributed by atoms with Crippen LogP contribution >= 0.6 is 11.8 Å². The molecule has 142 valence electrons. The third kappa shape index (κ3) is 4.69. The highest BCUT2D eigenvalue weighted by Gasteiger charge is 2.35. The fourth-order valence-corrected chi connectivity index (χ4v) is 4.17. The van der Waals surface area contributed by atoms with Crippen LogP contribution in [0.4, 0.5) is 15.8 Å². The lowest BCUT2D eigenvalue weighted by molar-refractivity contribution is -0.118. The van der Waals surface area contributed by atoms with E-state index in [9.17, 15) is 14.0 Å². The Hall–Kier alpha value is -2.34. The molecule has 1 aliphatic heterocycles. The normalized spacial score (nSPS) is 17.3. The van der Waals surface area contributed by atoms with E-state index in [1.165, 1.54) is 22.7 Å². The van der Waals surface area contributed by atoms with Gasteiger partial charge in [-0.2, -0.15) is 0 Å². The van der Waals surface area contributed by atoms with Crippen LogP contribution in [0.25, 0.3) is 0 Å². The smallest absolute Gasteiger partial charge is 0.238 e. The molecule has 0 bridgehead atoms. The van der Waals surface area contributed by atoms with Crippen molar-refractivity contribution in [3.05, 3.63) is 59.9 Å². The molecule has 0 spiro atoms. The molecule has 0 aromatic heterocycles. The number of hydrogen-bond acceptors (Lipinski definition) is 3. The molecule has 1 aliphatic rings. The molecule has 2 amide bonds. The largest absolute Gasteiger partial charge is 0.326 e. The molecule has 1 atom stereocenters. The fraction of sp³-hybridized carbons (Fsp3) is 0.333. The number of anilines is 2. The monoisotopic (exact) mass is 386 g/mol. The van der Waals surface area contributed by atoms with Crippen molar-refractivity contribution in [2.75, 3.05) is 16.0 Å². The number of nitrogens with one attached hydrogen (secondary N) is 1. The summed E-state index contributed by atoms with van der Waals surface area (Å²) in [5.74, 6) is -0.251. The molecular formula is C21H23FN2O2S. The molecule has 1 heterocycles. The van der Waals surface area contributed by atoms with E-state index < -0.39 is 5.82 Å². The van der Waals surface area contributed by atoms with Crippen LogP contribution in [-0.2, 0) is 9.59 Å². The minimum absolute atomic E-state index is 0.0337. The Balaban J connectivity index is 1.77. The first-order valence-corrected chi connectivity index (χ1v) is 9.87. The van der Waals surface area contributed by atoms with E-state index in [4.69, 9.17) is 0 Å². The molecule has 1 unspecified atom stereocenters. The SMILES string of the molecule is CC(C)(C)CC(=O)Nc1ccc(C2SCC(=O)N2c2ccccc2F)cc1. The van der Waals surface area contributed by atoms with Gasteiger partial charge in [0.2, 0.25) is 11.8 Å². The summed E-state index contributed by atoms with van der Waals surface area (Å²) in [5, 5.41) is 2.61. The molecule has 2 aromatic carbocycles. The standard InChI is InChI=1S/C21H23FN2O2S/c1-21(2,3)12-18(25)23-15-10-8-14(9-11-15)20-24(19(26)13-27-20)17-7-5-4-6-16(17)22/h4-11,20H,12-13H2,1-3H3,(H,23,25). The molecule has 1 fully saturated rings. The van der Waals surface area contributed by atoms with Crippen LogP contribution in [0, 0.1) is 11.2 Å². The van der Waals surface area contributed by atoms with Crippen LogP contribution in [0.2, 0.25) is 0 Å². The molecule has 0 aliphatic carbocycles. The predicted molar refractivity (Wildman–Crippen MR) is 108 cm³/mol. The highest BCUT2D eigenvalue weighted by molar-refractivity contribution is 8.00. The van der Waals surface area contributed by atoms with Crippen LogP contribution in [-0.4, -0.2) is 17.6 Å². The summed E-state index contributed by atoms with van der Waals surface area (Å²) in [7, 11) is 0. The van der Waals surface area contributed by atoms with Crippen molar-refractivity contribution in [2.24, 2.45) is 5.41 Å². The first-order chi connectivity index (χ1) is 12.7. The molecule has 2 aromatic rings. The van der Waals surface area contributed by atoms with Gasteiger partial charge in [0.05, 0.1) is 11.4 Å². The molecule has 4 nitrogen and oxygen atoms in total. The Morgan fingerprint density at radius 2 is 1.85 bits per heavy atom. The Morgan fingerprint density at radius 1 is 1.19 bits per heavy atom. The average Bonchev–Trinajstić information content (AvgIpc) is 2.96. The van der Waals surface area contributed by atoms with E-state index in [1.807, 2.05) is 45.0 Å². The van der Waals surface area contributed by atoms with Gasteiger partial charge in [-0.15, -0.1) is 11.8 Å². The Morgan fingerprint density at radius 3 is 2.48 bits per heavy atom. The lowest BCUT2D eigenvalue weighted by atomic mass is 9.92. The minimum atomic E-state index is -0.413. The number of rotatable bonds is 4. The Bertz CT molecular complexity index is 846. The van der Waals surface area contributed by atoms with E-state index in [0.29, 0.717) is 23.5 Å². The van der Waals surface area contributed by atoms with Gasteiger partial charge in [-0.3, -0.25) is 14.5 Å². The zero-order chi connectivity index (χ0) is 19.6. The van der Waals surface area contributed by atoms with Crippen molar-refractivity contribution in [3.8, 4) is 0 Å². The van der Waals surface area contributed by atoms with Gasteiger partial charge in [-0.05, 0) is 35.2 Å². The van der Waals surface area contributed by atoms with Crippen molar-refractivity contribution in [1.82, 2.24) is 0 Å². The maximum absolute atomic E-state index is 14.2. The van der Waals surface area contributed by atoms with E-state index in [1.54, 1.807) is 18.2 Å². The number of nitrogens with zero attached hydrogens (tertiary/aromatic N) is 1. The molecule has 6 heteroatoms. The molecule has 27 heavy (non-hydrogen) atoms. The van der Waals surface area contributed by atoms with E-state index in [0.717, 1.165) is 5.56 Å². The molecule has 3 rings (SSSR count). The van der Waals surface area contributed by atoms with Crippen LogP contribution in [0.15, 0.2) is 48.5 Å². The maximum Gasteiger partial charge on any atom is 0.238 e. The van der Waals surface area contributed by atoms with Gasteiger partial charge < -0.3 is 5.32 Å². The van der Waals surface area contributed by atoms with Crippen molar-refractivity contribution in [3.63, 3.8) is 0 Å². The van der Waals surface area contributed by atoms with Gasteiger partial charge in [-0.1, -0.05) is 45.0 Å². The number of para-hydroxylation sites is 1. The lowest BCUT2D eigenvalue weighted by Gasteiger charge is -2.25. The van der Waals surface area contributed by atoms with Gasteiger partial charge in [0, 0.05) is 12.1 Å². The van der Waals surface area contributed by atoms with Gasteiger partial charge in [0.15, 0.2) is 0 Å². The summed E-state index contributed by atoms with van der Waals surface area (Å²) in [6.45, 7) is 6.05. The summed E-state index contributed by atoms with van der Waals surface area (Å²) < 4.78 is 14.2. The molecule has 0 radical (unpaired) electrons. The first-order valence-electron chi connectivity index (χ1n) is 8.83. The molecule has 0 saturated carbocycles. The number of carbonyl (C=O) groups is 2. The molecule has 1 saturated heterocycles. The van der Waals surface area contributed by atoms with E-state index in [2.05, 4.69) is 5.32 Å². The highest BCUT2D eigenvalue weighted by Crippen LogP contribution is 2.42. The quantitative estimate of drug-likeness (QED) is 0.806. The number of carbonyl (C=O) groups excluding carboxylic acids is 2. The number of benzene rings is 2. The van der Waals surface area contributed by atoms with E-state index >= 15 is 0 Å². The number of thioether (sulfide) groups is 1. The first kappa shape index (κ1) is 19.4. The van der Waals surface area contributed by atoms with Gasteiger partial charge in [-0.25, -0.2) is 4.39 Å². The minimum Gasteiger partial charge on any atom is -0.326 e. The second kappa shape index (κ2) is 7.72. The van der Waals surface area contributed by atoms with Crippen molar-refractivity contribution in [1.29, 1.82) is 0 Å². The number of amides is 2. The summed E-state index contributed by atoms with van der Waals surface area (Å²) in [6, 6.07) is 13.7. The second-order valence-electron chi connectivity index (χ2n) is 7.79. The average molecular weight is 386 g/mol. The van der Waals surface area contributed by atoms with Gasteiger partial charge >= 0.3 is 0 Å². The molecular weight excluding hydrogens is 363 g/mol. The third-order valence-electron chi connectivity index (χ3n) is 4.15. The van der Waals surface area contributed by atoms with Crippen LogP contribution in [0.1, 0.15) is 38.1 Å². The Labute approximate surface area is 163 Å². The number of halogens is 1. The zero-order valence-corrected chi connectivity index (χ0v) is 16.5. The Kier molecular flexibility index (Phi) is 5.56. The summed E-state index contributed by atoms with van der Waals surface area (Å²) in [4.78, 5) is 25.9. The molecule has 1 N–H and O–H groups in total. The highest BCUT2D eigenvalue weighted by atomic mass is 32.2. The maximum atomic E-state index is 14.2. The second-order valence-corrected chi connectivity index (χ2v) is 8.85. The van der Waals surface area contributed by atoms with Crippen molar-refractivity contribution < 1.29 is 14.0 Å². The third-order valence-corrected chi connectivity index (χ3v) is 5.36. The van der Waals surface area contributed by atoms with Crippen LogP contribution in [0.3, 0.4) is 0 Å². The predicted octanol–water partition coefficient (Wildman–Crippen LogP) is 4.98. The zero-order valence-electron chi connectivity index (χ0n) is 15.7. The fourth-order valence-electron chi connectivity index (χ4n) is 3.00. The van der Waals surface area contributed by atoms with Gasteiger partial charge in [0.25, 0.3) is 0 Å².